The lowest BCUT2D eigenvalue weighted by Crippen LogP contribution is -2.06. The third-order valence-corrected chi connectivity index (χ3v) is 2.30. The summed E-state index contributed by atoms with van der Waals surface area (Å²) in [7, 11) is 0. The van der Waals surface area contributed by atoms with Crippen LogP contribution in [0.5, 0.6) is 0 Å². The molecule has 2 aromatic heterocycles. The van der Waals surface area contributed by atoms with E-state index in [4.69, 9.17) is 5.11 Å². The molecule has 15 heavy (non-hydrogen) atoms. The van der Waals surface area contributed by atoms with Gasteiger partial charge in [-0.3, -0.25) is 0 Å². The van der Waals surface area contributed by atoms with Crippen molar-refractivity contribution in [1.82, 2.24) is 14.6 Å². The summed E-state index contributed by atoms with van der Waals surface area (Å²) >= 11 is 0. The number of fused-ring (bicyclic) bond motifs is 1. The van der Waals surface area contributed by atoms with Crippen LogP contribution in [0.15, 0.2) is 6.07 Å². The van der Waals surface area contributed by atoms with Gasteiger partial charge in [-0.05, 0) is 32.4 Å². The zero-order valence-corrected chi connectivity index (χ0v) is 8.77. The van der Waals surface area contributed by atoms with Gasteiger partial charge < -0.3 is 5.11 Å². The van der Waals surface area contributed by atoms with Crippen LogP contribution in [0, 0.1) is 20.8 Å². The Morgan fingerprint density at radius 1 is 1.40 bits per heavy atom. The Morgan fingerprint density at radius 3 is 2.67 bits per heavy atom. The minimum absolute atomic E-state index is 0.223. The number of aromatic nitrogens is 3. The van der Waals surface area contributed by atoms with E-state index in [-0.39, 0.29) is 5.56 Å². The number of carboxylic acid groups (broad SMARTS) is 1. The molecule has 5 nitrogen and oxygen atoms in total. The Bertz CT molecular complexity index is 557. The molecule has 0 unspecified atom stereocenters. The molecule has 2 heterocycles. The average Bonchev–Trinajstić information content (AvgIpc) is 2.45. The van der Waals surface area contributed by atoms with Gasteiger partial charge >= 0.3 is 5.97 Å². The molecule has 0 radical (unpaired) electrons. The lowest BCUT2D eigenvalue weighted by molar-refractivity contribution is 0.0697. The maximum Gasteiger partial charge on any atom is 0.339 e. The molecule has 0 aliphatic carbocycles. The first-order valence-electron chi connectivity index (χ1n) is 4.57. The van der Waals surface area contributed by atoms with Crippen LogP contribution in [0.25, 0.3) is 5.65 Å². The molecule has 2 aromatic rings. The maximum atomic E-state index is 11.1. The number of aryl methyl sites for hydroxylation is 3. The molecular weight excluding hydrogens is 194 g/mol. The number of hydrogen-bond donors (Lipinski definition) is 1. The highest BCUT2D eigenvalue weighted by atomic mass is 16.4. The second-order valence-corrected chi connectivity index (χ2v) is 3.54. The Morgan fingerprint density at radius 2 is 2.07 bits per heavy atom. The van der Waals surface area contributed by atoms with Gasteiger partial charge in [-0.15, -0.1) is 0 Å². The summed E-state index contributed by atoms with van der Waals surface area (Å²) in [6, 6.07) is 1.80. The molecule has 0 aromatic carbocycles. The van der Waals surface area contributed by atoms with Gasteiger partial charge in [0.25, 0.3) is 0 Å². The van der Waals surface area contributed by atoms with Crippen molar-refractivity contribution >= 4 is 11.6 Å². The molecule has 0 fully saturated rings. The minimum Gasteiger partial charge on any atom is -0.478 e. The first-order chi connectivity index (χ1) is 7.00. The smallest absolute Gasteiger partial charge is 0.339 e. The molecule has 2 rings (SSSR count). The summed E-state index contributed by atoms with van der Waals surface area (Å²) in [5.74, 6) is -0.392. The molecule has 0 spiro atoms. The van der Waals surface area contributed by atoms with E-state index < -0.39 is 5.97 Å². The van der Waals surface area contributed by atoms with Gasteiger partial charge in [-0.25, -0.2) is 14.3 Å². The summed E-state index contributed by atoms with van der Waals surface area (Å²) in [6.07, 6.45) is 0. The first-order valence-corrected chi connectivity index (χ1v) is 4.57. The Labute approximate surface area is 86.4 Å². The van der Waals surface area contributed by atoms with E-state index in [1.54, 1.807) is 24.4 Å². The van der Waals surface area contributed by atoms with Crippen LogP contribution in [-0.2, 0) is 0 Å². The van der Waals surface area contributed by atoms with Crippen LogP contribution in [0.2, 0.25) is 0 Å². The molecule has 0 bridgehead atoms. The maximum absolute atomic E-state index is 11.1. The molecule has 5 heteroatoms. The number of rotatable bonds is 1. The van der Waals surface area contributed by atoms with E-state index >= 15 is 0 Å². The standard InChI is InChI=1S/C10H11N3O2/c1-5-4-6(2)13-9(8(5)10(14)15)11-7(3)12-13/h4H,1-3H3,(H,14,15). The summed E-state index contributed by atoms with van der Waals surface area (Å²) in [4.78, 5) is 15.2. The van der Waals surface area contributed by atoms with E-state index in [2.05, 4.69) is 10.1 Å². The fourth-order valence-corrected chi connectivity index (χ4v) is 1.71. The molecule has 0 amide bonds. The van der Waals surface area contributed by atoms with Crippen molar-refractivity contribution in [2.75, 3.05) is 0 Å². The van der Waals surface area contributed by atoms with Gasteiger partial charge in [0.2, 0.25) is 0 Å². The van der Waals surface area contributed by atoms with Crippen molar-refractivity contribution in [2.45, 2.75) is 20.8 Å². The number of nitrogens with zero attached hydrogens (tertiary/aromatic N) is 3. The number of hydrogen-bond acceptors (Lipinski definition) is 3. The monoisotopic (exact) mass is 205 g/mol. The SMILES string of the molecule is Cc1nc2c(C(=O)O)c(C)cc(C)n2n1. The lowest BCUT2D eigenvalue weighted by Gasteiger charge is -2.04. The highest BCUT2D eigenvalue weighted by Crippen LogP contribution is 2.16. The average molecular weight is 205 g/mol. The second kappa shape index (κ2) is 3.05. The third kappa shape index (κ3) is 1.36. The normalized spacial score (nSPS) is 10.9. The highest BCUT2D eigenvalue weighted by molar-refractivity contribution is 5.96. The Hall–Kier alpha value is -1.91. The zero-order valence-electron chi connectivity index (χ0n) is 8.77. The van der Waals surface area contributed by atoms with Crippen molar-refractivity contribution in [3.05, 3.63) is 28.7 Å². The van der Waals surface area contributed by atoms with E-state index in [0.717, 1.165) is 5.69 Å². The van der Waals surface area contributed by atoms with Crippen molar-refractivity contribution in [2.24, 2.45) is 0 Å². The molecule has 78 valence electrons. The van der Waals surface area contributed by atoms with Gasteiger partial charge in [0.1, 0.15) is 11.4 Å². The molecule has 0 aliphatic heterocycles. The van der Waals surface area contributed by atoms with Gasteiger partial charge in [-0.2, -0.15) is 5.10 Å². The molecule has 0 atom stereocenters. The van der Waals surface area contributed by atoms with Crippen molar-refractivity contribution < 1.29 is 9.90 Å². The second-order valence-electron chi connectivity index (χ2n) is 3.54. The Balaban J connectivity index is 2.95. The topological polar surface area (TPSA) is 67.5 Å². The predicted molar refractivity (Wildman–Crippen MR) is 54.2 cm³/mol. The number of pyridine rings is 1. The third-order valence-electron chi connectivity index (χ3n) is 2.30. The van der Waals surface area contributed by atoms with Crippen LogP contribution in [0.4, 0.5) is 0 Å². The fraction of sp³-hybridized carbons (Fsp3) is 0.300. The number of carboxylic acids is 1. The summed E-state index contributed by atoms with van der Waals surface area (Å²) < 4.78 is 1.56. The van der Waals surface area contributed by atoms with Crippen molar-refractivity contribution in [1.29, 1.82) is 0 Å². The van der Waals surface area contributed by atoms with Crippen molar-refractivity contribution in [3.8, 4) is 0 Å². The van der Waals surface area contributed by atoms with Crippen molar-refractivity contribution in [3.63, 3.8) is 0 Å². The predicted octanol–water partition coefficient (Wildman–Crippen LogP) is 1.35. The summed E-state index contributed by atoms with van der Waals surface area (Å²) in [6.45, 7) is 5.38. The van der Waals surface area contributed by atoms with Crippen LogP contribution < -0.4 is 0 Å². The van der Waals surface area contributed by atoms with Gasteiger partial charge in [-0.1, -0.05) is 0 Å². The molecule has 0 saturated carbocycles. The van der Waals surface area contributed by atoms with Crippen LogP contribution in [0.3, 0.4) is 0 Å². The molecular formula is C10H11N3O2. The summed E-state index contributed by atoms with van der Waals surface area (Å²) in [5, 5.41) is 13.2. The Kier molecular flexibility index (Phi) is 1.96. The van der Waals surface area contributed by atoms with Crippen LogP contribution in [-0.4, -0.2) is 25.7 Å². The van der Waals surface area contributed by atoms with E-state index in [0.29, 0.717) is 17.0 Å². The van der Waals surface area contributed by atoms with Gasteiger partial charge in [0.05, 0.1) is 0 Å². The zero-order chi connectivity index (χ0) is 11.2. The largest absolute Gasteiger partial charge is 0.478 e. The van der Waals surface area contributed by atoms with Crippen LogP contribution in [0.1, 0.15) is 27.4 Å². The number of aromatic carboxylic acids is 1. The van der Waals surface area contributed by atoms with E-state index in [1.807, 2.05) is 6.92 Å². The minimum atomic E-state index is -0.968. The highest BCUT2D eigenvalue weighted by Gasteiger charge is 2.16. The van der Waals surface area contributed by atoms with E-state index in [1.165, 1.54) is 0 Å². The summed E-state index contributed by atoms with van der Waals surface area (Å²) in [5.41, 5.74) is 2.23. The molecule has 1 N–H and O–H groups in total. The molecule has 0 aliphatic rings. The van der Waals surface area contributed by atoms with Crippen LogP contribution >= 0.6 is 0 Å². The van der Waals surface area contributed by atoms with Gasteiger partial charge in [0.15, 0.2) is 5.65 Å². The number of carbonyl (C=O) groups is 1. The molecule has 0 saturated heterocycles. The van der Waals surface area contributed by atoms with E-state index in [9.17, 15) is 4.79 Å². The van der Waals surface area contributed by atoms with Gasteiger partial charge in [0, 0.05) is 5.69 Å². The fourth-order valence-electron chi connectivity index (χ4n) is 1.71. The first kappa shape index (κ1) is 9.64. The lowest BCUT2D eigenvalue weighted by atomic mass is 10.1. The quantitative estimate of drug-likeness (QED) is 0.763.